The molecule has 0 bridgehead atoms. The second-order valence-electron chi connectivity index (χ2n) is 4.80. The summed E-state index contributed by atoms with van der Waals surface area (Å²) in [6.45, 7) is 5.05. The zero-order valence-electron chi connectivity index (χ0n) is 10.1. The van der Waals surface area contributed by atoms with Crippen molar-refractivity contribution in [2.24, 2.45) is 10.9 Å². The summed E-state index contributed by atoms with van der Waals surface area (Å²) in [4.78, 5) is 7.90. The summed E-state index contributed by atoms with van der Waals surface area (Å²) in [5.41, 5.74) is 2.20. The molecule has 0 saturated carbocycles. The molecule has 0 saturated heterocycles. The van der Waals surface area contributed by atoms with E-state index >= 15 is 0 Å². The number of H-pyrrole nitrogens is 1. The normalized spacial score (nSPS) is 19.7. The van der Waals surface area contributed by atoms with Gasteiger partial charge in [-0.05, 0) is 12.0 Å². The van der Waals surface area contributed by atoms with Gasteiger partial charge in [0.2, 0.25) is 5.90 Å². The Kier molecular flexibility index (Phi) is 2.39. The van der Waals surface area contributed by atoms with E-state index in [1.54, 1.807) is 0 Å². The van der Waals surface area contributed by atoms with E-state index in [0.717, 1.165) is 17.0 Å². The number of hydrogen-bond donors (Lipinski definition) is 1. The Morgan fingerprint density at radius 1 is 1.35 bits per heavy atom. The van der Waals surface area contributed by atoms with Crippen LogP contribution in [0.2, 0.25) is 0 Å². The van der Waals surface area contributed by atoms with Crippen molar-refractivity contribution in [3.8, 4) is 0 Å². The Bertz CT molecular complexity index is 568. The number of aromatic nitrogens is 1. The highest BCUT2D eigenvalue weighted by Crippen LogP contribution is 2.23. The number of nitrogens with one attached hydrogen (secondary N) is 1. The van der Waals surface area contributed by atoms with Crippen LogP contribution in [0.4, 0.5) is 0 Å². The molecule has 2 aromatic rings. The number of benzene rings is 1. The molecule has 88 valence electrons. The van der Waals surface area contributed by atoms with Gasteiger partial charge >= 0.3 is 0 Å². The minimum atomic E-state index is 0.290. The van der Waals surface area contributed by atoms with Crippen LogP contribution in [0.25, 0.3) is 10.9 Å². The van der Waals surface area contributed by atoms with Gasteiger partial charge in [-0.3, -0.25) is 0 Å². The van der Waals surface area contributed by atoms with Gasteiger partial charge in [0.1, 0.15) is 6.61 Å². The number of aliphatic imine (C=N–C) groups is 1. The third-order valence-electron chi connectivity index (χ3n) is 3.26. The van der Waals surface area contributed by atoms with E-state index in [1.165, 1.54) is 5.39 Å². The molecule has 0 fully saturated rings. The SMILES string of the molecule is CC(C)C1COC(c2c[nH]c3ccccc23)=N1. The number of ether oxygens (including phenoxy) is 1. The van der Waals surface area contributed by atoms with Crippen molar-refractivity contribution >= 4 is 16.8 Å². The molecule has 1 aromatic carbocycles. The number of fused-ring (bicyclic) bond motifs is 1. The molecule has 1 aliphatic heterocycles. The number of para-hydroxylation sites is 1. The fraction of sp³-hybridized carbons (Fsp3) is 0.357. The first-order valence-electron chi connectivity index (χ1n) is 6.03. The molecule has 3 nitrogen and oxygen atoms in total. The monoisotopic (exact) mass is 228 g/mol. The van der Waals surface area contributed by atoms with Crippen LogP contribution < -0.4 is 0 Å². The maximum atomic E-state index is 5.71. The predicted octanol–water partition coefficient (Wildman–Crippen LogP) is 2.97. The molecular formula is C14H16N2O. The van der Waals surface area contributed by atoms with Gasteiger partial charge in [-0.2, -0.15) is 0 Å². The summed E-state index contributed by atoms with van der Waals surface area (Å²) in [6.07, 6.45) is 1.98. The first-order valence-corrected chi connectivity index (χ1v) is 6.03. The van der Waals surface area contributed by atoms with E-state index in [0.29, 0.717) is 18.6 Å². The molecule has 1 aromatic heterocycles. The van der Waals surface area contributed by atoms with Crippen LogP contribution in [0, 0.1) is 5.92 Å². The van der Waals surface area contributed by atoms with E-state index in [2.05, 4.69) is 36.0 Å². The van der Waals surface area contributed by atoms with Crippen LogP contribution in [-0.4, -0.2) is 23.5 Å². The van der Waals surface area contributed by atoms with Crippen molar-refractivity contribution in [2.45, 2.75) is 19.9 Å². The van der Waals surface area contributed by atoms with Crippen LogP contribution in [0.15, 0.2) is 35.5 Å². The van der Waals surface area contributed by atoms with Gasteiger partial charge in [-0.15, -0.1) is 0 Å². The molecule has 0 aliphatic carbocycles. The molecule has 1 atom stereocenters. The quantitative estimate of drug-likeness (QED) is 0.843. The first kappa shape index (κ1) is 10.4. The maximum absolute atomic E-state index is 5.71. The second-order valence-corrected chi connectivity index (χ2v) is 4.80. The lowest BCUT2D eigenvalue weighted by atomic mass is 10.1. The largest absolute Gasteiger partial charge is 0.475 e. The highest BCUT2D eigenvalue weighted by molar-refractivity contribution is 6.07. The second kappa shape index (κ2) is 3.91. The van der Waals surface area contributed by atoms with Crippen LogP contribution in [0.3, 0.4) is 0 Å². The molecule has 17 heavy (non-hydrogen) atoms. The van der Waals surface area contributed by atoms with Crippen LogP contribution in [0.5, 0.6) is 0 Å². The van der Waals surface area contributed by atoms with Crippen molar-refractivity contribution < 1.29 is 4.74 Å². The summed E-state index contributed by atoms with van der Waals surface area (Å²) in [5.74, 6) is 1.30. The Morgan fingerprint density at radius 2 is 2.18 bits per heavy atom. The Labute approximate surface area is 101 Å². The van der Waals surface area contributed by atoms with Crippen LogP contribution in [-0.2, 0) is 4.74 Å². The van der Waals surface area contributed by atoms with E-state index in [-0.39, 0.29) is 0 Å². The molecule has 2 heterocycles. The number of hydrogen-bond acceptors (Lipinski definition) is 2. The molecule has 0 spiro atoms. The first-order chi connectivity index (χ1) is 8.25. The Hall–Kier alpha value is -1.77. The third kappa shape index (κ3) is 1.71. The van der Waals surface area contributed by atoms with E-state index in [9.17, 15) is 0 Å². The average molecular weight is 228 g/mol. The van der Waals surface area contributed by atoms with Gasteiger partial charge in [0.25, 0.3) is 0 Å². The van der Waals surface area contributed by atoms with E-state index in [1.807, 2.05) is 18.3 Å². The number of rotatable bonds is 2. The summed E-state index contributed by atoms with van der Waals surface area (Å²) < 4.78 is 5.71. The smallest absolute Gasteiger partial charge is 0.218 e. The van der Waals surface area contributed by atoms with Crippen LogP contribution in [0.1, 0.15) is 19.4 Å². The minimum Gasteiger partial charge on any atom is -0.475 e. The molecular weight excluding hydrogens is 212 g/mol. The fourth-order valence-electron chi connectivity index (χ4n) is 2.13. The Morgan fingerprint density at radius 3 is 2.94 bits per heavy atom. The van der Waals surface area contributed by atoms with Crippen LogP contribution >= 0.6 is 0 Å². The highest BCUT2D eigenvalue weighted by Gasteiger charge is 2.24. The summed E-state index contributed by atoms with van der Waals surface area (Å²) >= 11 is 0. The Balaban J connectivity index is 2.03. The lowest BCUT2D eigenvalue weighted by Gasteiger charge is -2.06. The predicted molar refractivity (Wildman–Crippen MR) is 69.4 cm³/mol. The maximum Gasteiger partial charge on any atom is 0.218 e. The van der Waals surface area contributed by atoms with Crippen molar-refractivity contribution in [2.75, 3.05) is 6.61 Å². The third-order valence-corrected chi connectivity index (χ3v) is 3.26. The van der Waals surface area contributed by atoms with Crippen molar-refractivity contribution in [3.63, 3.8) is 0 Å². The molecule has 3 rings (SSSR count). The van der Waals surface area contributed by atoms with Crippen molar-refractivity contribution in [3.05, 3.63) is 36.0 Å². The lowest BCUT2D eigenvalue weighted by Crippen LogP contribution is -2.13. The summed E-state index contributed by atoms with van der Waals surface area (Å²) in [6, 6.07) is 8.51. The number of aromatic amines is 1. The molecule has 0 radical (unpaired) electrons. The van der Waals surface area contributed by atoms with Gasteiger partial charge < -0.3 is 9.72 Å². The minimum absolute atomic E-state index is 0.290. The molecule has 0 amide bonds. The summed E-state index contributed by atoms with van der Waals surface area (Å²) in [7, 11) is 0. The standard InChI is InChI=1S/C14H16N2O/c1-9(2)13-8-17-14(16-13)11-7-15-12-6-4-3-5-10(11)12/h3-7,9,13,15H,8H2,1-2H3. The topological polar surface area (TPSA) is 37.4 Å². The fourth-order valence-corrected chi connectivity index (χ4v) is 2.13. The van der Waals surface area contributed by atoms with Gasteiger partial charge in [0, 0.05) is 17.1 Å². The molecule has 3 heteroatoms. The van der Waals surface area contributed by atoms with Gasteiger partial charge in [0.15, 0.2) is 0 Å². The van der Waals surface area contributed by atoms with E-state index < -0.39 is 0 Å². The van der Waals surface area contributed by atoms with E-state index in [4.69, 9.17) is 4.74 Å². The van der Waals surface area contributed by atoms with Gasteiger partial charge in [-0.1, -0.05) is 32.0 Å². The average Bonchev–Trinajstić information content (AvgIpc) is 2.95. The zero-order valence-corrected chi connectivity index (χ0v) is 10.1. The zero-order chi connectivity index (χ0) is 11.8. The molecule has 1 N–H and O–H groups in total. The van der Waals surface area contributed by atoms with Gasteiger partial charge in [-0.25, -0.2) is 4.99 Å². The van der Waals surface area contributed by atoms with Crippen molar-refractivity contribution in [1.29, 1.82) is 0 Å². The highest BCUT2D eigenvalue weighted by atomic mass is 16.5. The molecule has 1 aliphatic rings. The van der Waals surface area contributed by atoms with Crippen molar-refractivity contribution in [1.82, 2.24) is 4.98 Å². The summed E-state index contributed by atoms with van der Waals surface area (Å²) in [5, 5.41) is 1.18. The van der Waals surface area contributed by atoms with Gasteiger partial charge in [0.05, 0.1) is 11.6 Å². The molecule has 1 unspecified atom stereocenters. The number of nitrogens with zero attached hydrogens (tertiary/aromatic N) is 1. The lowest BCUT2D eigenvalue weighted by molar-refractivity contribution is 0.292.